The second-order valence-electron chi connectivity index (χ2n) is 8.65. The Morgan fingerprint density at radius 2 is 1.71 bits per heavy atom. The van der Waals surface area contributed by atoms with Gasteiger partial charge in [0, 0.05) is 26.9 Å². The molecule has 0 saturated heterocycles. The van der Waals surface area contributed by atoms with E-state index < -0.39 is 0 Å². The van der Waals surface area contributed by atoms with Crippen molar-refractivity contribution in [1.82, 2.24) is 14.0 Å². The molecule has 0 unspecified atom stereocenters. The number of aromatic nitrogens is 3. The average Bonchev–Trinajstić information content (AvgIpc) is 3.60. The Morgan fingerprint density at radius 3 is 2.50 bits per heavy atom. The number of hydrogen-bond acceptors (Lipinski definition) is 5. The zero-order valence-corrected chi connectivity index (χ0v) is 23.6. The highest BCUT2D eigenvalue weighted by molar-refractivity contribution is 14.1. The summed E-state index contributed by atoms with van der Waals surface area (Å²) in [4.78, 5) is 18.9. The fourth-order valence-electron chi connectivity index (χ4n) is 4.25. The standard InChI is InChI=1S/C29H22IN5O2S/c1-19-27(28(36)35(33(19)2)22-12-4-3-5-13-22)32-29-34(31-17-21-11-6-8-14-23(21)30)24(18-38-29)26-16-20-10-7-9-15-25(20)37-26/h3-18H,1-2H3. The van der Waals surface area contributed by atoms with Gasteiger partial charge in [-0.25, -0.2) is 14.4 Å². The number of benzene rings is 3. The molecule has 0 aliphatic carbocycles. The molecule has 3 aromatic heterocycles. The Labute approximate surface area is 235 Å². The van der Waals surface area contributed by atoms with Crippen molar-refractivity contribution in [3.8, 4) is 17.1 Å². The maximum atomic E-state index is 13.5. The quantitative estimate of drug-likeness (QED) is 0.162. The van der Waals surface area contributed by atoms with Gasteiger partial charge in [0.05, 0.1) is 17.6 Å². The minimum absolute atomic E-state index is 0.192. The molecule has 7 nitrogen and oxygen atoms in total. The monoisotopic (exact) mass is 631 g/mol. The zero-order valence-electron chi connectivity index (χ0n) is 20.6. The number of fused-ring (bicyclic) bond motifs is 1. The Morgan fingerprint density at radius 1 is 0.974 bits per heavy atom. The van der Waals surface area contributed by atoms with E-state index in [-0.39, 0.29) is 5.56 Å². The van der Waals surface area contributed by atoms with Crippen molar-refractivity contribution >= 4 is 56.8 Å². The first kappa shape index (κ1) is 24.4. The molecule has 6 aromatic rings. The molecule has 0 saturated carbocycles. The third-order valence-electron chi connectivity index (χ3n) is 6.31. The van der Waals surface area contributed by atoms with Crippen LogP contribution in [0.1, 0.15) is 11.3 Å². The van der Waals surface area contributed by atoms with Gasteiger partial charge in [0.15, 0.2) is 11.4 Å². The van der Waals surface area contributed by atoms with E-state index in [4.69, 9.17) is 14.5 Å². The normalized spacial score (nSPS) is 12.2. The molecule has 0 aliphatic rings. The van der Waals surface area contributed by atoms with Gasteiger partial charge < -0.3 is 4.42 Å². The molecule has 3 aromatic carbocycles. The summed E-state index contributed by atoms with van der Waals surface area (Å²) in [6.07, 6.45) is 1.81. The molecule has 0 N–H and O–H groups in total. The molecule has 0 radical (unpaired) electrons. The van der Waals surface area contributed by atoms with Crippen LogP contribution >= 0.6 is 33.9 Å². The summed E-state index contributed by atoms with van der Waals surface area (Å²) >= 11 is 3.70. The molecule has 0 atom stereocenters. The number of furan rings is 1. The summed E-state index contributed by atoms with van der Waals surface area (Å²) in [5, 5.41) is 7.78. The van der Waals surface area contributed by atoms with Gasteiger partial charge in [-0.3, -0.25) is 9.48 Å². The summed E-state index contributed by atoms with van der Waals surface area (Å²) in [7, 11) is 1.86. The molecule has 0 amide bonds. The van der Waals surface area contributed by atoms with Gasteiger partial charge in [-0.2, -0.15) is 5.10 Å². The van der Waals surface area contributed by atoms with Gasteiger partial charge in [0.2, 0.25) is 4.80 Å². The molecule has 38 heavy (non-hydrogen) atoms. The molecule has 0 fully saturated rings. The van der Waals surface area contributed by atoms with Crippen molar-refractivity contribution in [2.45, 2.75) is 6.92 Å². The summed E-state index contributed by atoms with van der Waals surface area (Å²) in [6.45, 7) is 1.90. The lowest BCUT2D eigenvalue weighted by Gasteiger charge is -2.07. The first-order chi connectivity index (χ1) is 18.5. The van der Waals surface area contributed by atoms with Crippen LogP contribution in [0.3, 0.4) is 0 Å². The molecule has 3 heterocycles. The highest BCUT2D eigenvalue weighted by Crippen LogP contribution is 2.28. The maximum absolute atomic E-state index is 13.5. The summed E-state index contributed by atoms with van der Waals surface area (Å²) in [6, 6.07) is 27.4. The van der Waals surface area contributed by atoms with Gasteiger partial charge in [0.25, 0.3) is 5.56 Å². The Kier molecular flexibility index (Phi) is 6.46. The van der Waals surface area contributed by atoms with E-state index in [9.17, 15) is 4.79 Å². The predicted molar refractivity (Wildman–Crippen MR) is 161 cm³/mol. The van der Waals surface area contributed by atoms with Crippen molar-refractivity contribution in [1.29, 1.82) is 0 Å². The number of hydrogen-bond donors (Lipinski definition) is 0. The van der Waals surface area contributed by atoms with Crippen molar-refractivity contribution in [3.05, 3.63) is 120 Å². The molecular formula is C29H22IN5O2S. The second-order valence-corrected chi connectivity index (χ2v) is 10.7. The van der Waals surface area contributed by atoms with Crippen LogP contribution in [0.5, 0.6) is 0 Å². The number of thiazole rings is 1. The topological polar surface area (TPSA) is 69.7 Å². The number of rotatable bonds is 5. The molecule has 9 heteroatoms. The third-order valence-corrected chi connectivity index (χ3v) is 8.11. The van der Waals surface area contributed by atoms with Crippen LogP contribution in [0.15, 0.2) is 110 Å². The maximum Gasteiger partial charge on any atom is 0.297 e. The number of nitrogens with zero attached hydrogens (tertiary/aromatic N) is 5. The van der Waals surface area contributed by atoms with Crippen LogP contribution in [-0.4, -0.2) is 20.3 Å². The highest BCUT2D eigenvalue weighted by Gasteiger charge is 2.18. The van der Waals surface area contributed by atoms with Gasteiger partial charge in [-0.1, -0.05) is 54.6 Å². The van der Waals surface area contributed by atoms with Gasteiger partial charge >= 0.3 is 0 Å². The van der Waals surface area contributed by atoms with Crippen LogP contribution in [-0.2, 0) is 7.05 Å². The van der Waals surface area contributed by atoms with Crippen LogP contribution in [0.2, 0.25) is 0 Å². The van der Waals surface area contributed by atoms with E-state index in [0.717, 1.165) is 37.2 Å². The Balaban J connectivity index is 1.55. The van der Waals surface area contributed by atoms with E-state index in [1.165, 1.54) is 11.3 Å². The largest absolute Gasteiger partial charge is 0.454 e. The van der Waals surface area contributed by atoms with Crippen molar-refractivity contribution in [2.24, 2.45) is 17.1 Å². The molecule has 0 aliphatic heterocycles. The molecule has 0 spiro atoms. The highest BCUT2D eigenvalue weighted by atomic mass is 127. The summed E-state index contributed by atoms with van der Waals surface area (Å²) in [5.74, 6) is 0.676. The number of para-hydroxylation sites is 2. The fourth-order valence-corrected chi connectivity index (χ4v) is 5.59. The average molecular weight is 631 g/mol. The Bertz CT molecular complexity index is 1910. The van der Waals surface area contributed by atoms with Crippen LogP contribution in [0.4, 0.5) is 5.69 Å². The van der Waals surface area contributed by atoms with Gasteiger partial charge in [0.1, 0.15) is 11.3 Å². The minimum Gasteiger partial charge on any atom is -0.454 e. The van der Waals surface area contributed by atoms with Crippen molar-refractivity contribution < 1.29 is 4.42 Å². The first-order valence-corrected chi connectivity index (χ1v) is 13.8. The van der Waals surface area contributed by atoms with E-state index >= 15 is 0 Å². The van der Waals surface area contributed by atoms with Crippen molar-refractivity contribution in [2.75, 3.05) is 0 Å². The third kappa shape index (κ3) is 4.37. The van der Waals surface area contributed by atoms with E-state index in [1.807, 2.05) is 109 Å². The SMILES string of the molecule is Cc1c(N=c2scc(-c3cc4ccccc4o3)n2N=Cc2ccccc2I)c(=O)n(-c2ccccc2)n1C. The number of halogens is 1. The van der Waals surface area contributed by atoms with Crippen molar-refractivity contribution in [3.63, 3.8) is 0 Å². The molecular weight excluding hydrogens is 609 g/mol. The molecule has 188 valence electrons. The second kappa shape index (κ2) is 10.1. The Hall–Kier alpha value is -3.96. The van der Waals surface area contributed by atoms with Crippen LogP contribution < -0.4 is 10.4 Å². The minimum atomic E-state index is -0.192. The van der Waals surface area contributed by atoms with E-state index in [2.05, 4.69) is 22.6 Å². The first-order valence-electron chi connectivity index (χ1n) is 11.9. The summed E-state index contributed by atoms with van der Waals surface area (Å²) in [5.41, 5.74) is 4.24. The molecule has 0 bridgehead atoms. The summed E-state index contributed by atoms with van der Waals surface area (Å²) < 4.78 is 12.4. The van der Waals surface area contributed by atoms with E-state index in [0.29, 0.717) is 16.2 Å². The lowest BCUT2D eigenvalue weighted by Crippen LogP contribution is -2.19. The van der Waals surface area contributed by atoms with E-state index in [1.54, 1.807) is 15.6 Å². The smallest absolute Gasteiger partial charge is 0.297 e. The molecule has 6 rings (SSSR count). The van der Waals surface area contributed by atoms with Crippen LogP contribution in [0.25, 0.3) is 28.1 Å². The van der Waals surface area contributed by atoms with Gasteiger partial charge in [-0.15, -0.1) is 11.3 Å². The van der Waals surface area contributed by atoms with Crippen LogP contribution in [0, 0.1) is 10.5 Å². The lowest BCUT2D eigenvalue weighted by atomic mass is 10.2. The predicted octanol–water partition coefficient (Wildman–Crippen LogP) is 6.48. The lowest BCUT2D eigenvalue weighted by molar-refractivity contribution is 0.622. The zero-order chi connectivity index (χ0) is 26.2. The fraction of sp³-hybridized carbons (Fsp3) is 0.0690. The van der Waals surface area contributed by atoms with Gasteiger partial charge in [-0.05, 0) is 59.8 Å².